The van der Waals surface area contributed by atoms with Crippen LogP contribution in [0.25, 0.3) is 0 Å². The standard InChI is InChI=1S/C17H27N3O5/c1-22-14-10-13(11-15(23-2)17(14)24-3)19-12-16(21)18-4-5-20-6-8-25-9-7-20/h10-11,19H,4-9,12H2,1-3H3,(H,18,21). The molecule has 1 heterocycles. The molecule has 8 nitrogen and oxygen atoms in total. The van der Waals surface area contributed by atoms with Crippen LogP contribution >= 0.6 is 0 Å². The van der Waals surface area contributed by atoms with Crippen molar-refractivity contribution in [3.8, 4) is 17.2 Å². The van der Waals surface area contributed by atoms with Crippen LogP contribution in [0, 0.1) is 0 Å². The van der Waals surface area contributed by atoms with Gasteiger partial charge in [-0.2, -0.15) is 0 Å². The normalized spacial score (nSPS) is 14.7. The molecule has 1 fully saturated rings. The molecule has 2 rings (SSSR count). The van der Waals surface area contributed by atoms with Crippen LogP contribution in [0.1, 0.15) is 0 Å². The number of anilines is 1. The highest BCUT2D eigenvalue weighted by atomic mass is 16.5. The molecule has 2 N–H and O–H groups in total. The topological polar surface area (TPSA) is 81.3 Å². The van der Waals surface area contributed by atoms with Crippen molar-refractivity contribution in [1.82, 2.24) is 10.2 Å². The molecule has 8 heteroatoms. The van der Waals surface area contributed by atoms with Gasteiger partial charge in [-0.15, -0.1) is 0 Å². The molecule has 0 saturated carbocycles. The lowest BCUT2D eigenvalue weighted by molar-refractivity contribution is -0.119. The second kappa shape index (κ2) is 9.95. The van der Waals surface area contributed by atoms with Crippen LogP contribution in [0.15, 0.2) is 12.1 Å². The number of benzene rings is 1. The lowest BCUT2D eigenvalue weighted by Gasteiger charge is -2.26. The predicted octanol–water partition coefficient (Wildman–Crippen LogP) is 0.573. The van der Waals surface area contributed by atoms with Crippen molar-refractivity contribution in [3.63, 3.8) is 0 Å². The van der Waals surface area contributed by atoms with E-state index in [1.165, 1.54) is 0 Å². The Morgan fingerprint density at radius 2 is 1.76 bits per heavy atom. The molecule has 0 aromatic heterocycles. The van der Waals surface area contributed by atoms with E-state index in [-0.39, 0.29) is 12.5 Å². The van der Waals surface area contributed by atoms with E-state index in [0.29, 0.717) is 23.8 Å². The van der Waals surface area contributed by atoms with E-state index in [0.717, 1.165) is 38.5 Å². The lowest BCUT2D eigenvalue weighted by atomic mass is 10.2. The van der Waals surface area contributed by atoms with E-state index in [1.807, 2.05) is 0 Å². The van der Waals surface area contributed by atoms with Crippen molar-refractivity contribution in [1.29, 1.82) is 0 Å². The molecular weight excluding hydrogens is 326 g/mol. The molecule has 1 saturated heterocycles. The number of morpholine rings is 1. The maximum Gasteiger partial charge on any atom is 0.239 e. The summed E-state index contributed by atoms with van der Waals surface area (Å²) in [7, 11) is 4.66. The van der Waals surface area contributed by atoms with Crippen molar-refractivity contribution < 1.29 is 23.7 Å². The zero-order valence-electron chi connectivity index (χ0n) is 15.1. The summed E-state index contributed by atoms with van der Waals surface area (Å²) in [5.41, 5.74) is 0.720. The quantitative estimate of drug-likeness (QED) is 0.672. The van der Waals surface area contributed by atoms with Gasteiger partial charge in [0.15, 0.2) is 11.5 Å². The largest absolute Gasteiger partial charge is 0.493 e. The molecule has 1 aliphatic heterocycles. The molecule has 0 radical (unpaired) electrons. The predicted molar refractivity (Wildman–Crippen MR) is 94.9 cm³/mol. The van der Waals surface area contributed by atoms with Gasteiger partial charge in [0.2, 0.25) is 11.7 Å². The van der Waals surface area contributed by atoms with Crippen LogP contribution in [0.2, 0.25) is 0 Å². The summed E-state index contributed by atoms with van der Waals surface area (Å²) in [6, 6.07) is 3.53. The number of amides is 1. The number of carbonyl (C=O) groups is 1. The first-order chi connectivity index (χ1) is 12.2. The summed E-state index contributed by atoms with van der Waals surface area (Å²) < 4.78 is 21.2. The van der Waals surface area contributed by atoms with Crippen LogP contribution in [0.3, 0.4) is 0 Å². The molecule has 140 valence electrons. The van der Waals surface area contributed by atoms with Gasteiger partial charge in [0, 0.05) is 44.0 Å². The first-order valence-electron chi connectivity index (χ1n) is 8.28. The Morgan fingerprint density at radius 1 is 1.12 bits per heavy atom. The van der Waals surface area contributed by atoms with E-state index >= 15 is 0 Å². The molecule has 1 amide bonds. The van der Waals surface area contributed by atoms with E-state index in [9.17, 15) is 4.79 Å². The fourth-order valence-electron chi connectivity index (χ4n) is 2.61. The highest BCUT2D eigenvalue weighted by molar-refractivity contribution is 5.81. The monoisotopic (exact) mass is 353 g/mol. The number of nitrogens with zero attached hydrogens (tertiary/aromatic N) is 1. The highest BCUT2D eigenvalue weighted by Crippen LogP contribution is 2.39. The van der Waals surface area contributed by atoms with Crippen LogP contribution in [0.4, 0.5) is 5.69 Å². The minimum absolute atomic E-state index is 0.0676. The van der Waals surface area contributed by atoms with Crippen molar-refractivity contribution in [2.24, 2.45) is 0 Å². The van der Waals surface area contributed by atoms with Gasteiger partial charge in [-0.25, -0.2) is 0 Å². The fourth-order valence-corrected chi connectivity index (χ4v) is 2.61. The van der Waals surface area contributed by atoms with Crippen molar-refractivity contribution >= 4 is 11.6 Å². The maximum atomic E-state index is 12.0. The average Bonchev–Trinajstić information content (AvgIpc) is 2.66. The molecule has 0 unspecified atom stereocenters. The van der Waals surface area contributed by atoms with Gasteiger partial charge in [0.05, 0.1) is 41.1 Å². The zero-order valence-corrected chi connectivity index (χ0v) is 15.1. The third-order valence-electron chi connectivity index (χ3n) is 3.97. The van der Waals surface area contributed by atoms with E-state index in [1.54, 1.807) is 33.5 Å². The number of ether oxygens (including phenoxy) is 4. The van der Waals surface area contributed by atoms with Crippen molar-refractivity contribution in [2.45, 2.75) is 0 Å². The number of nitrogens with one attached hydrogen (secondary N) is 2. The minimum atomic E-state index is -0.0676. The zero-order chi connectivity index (χ0) is 18.1. The van der Waals surface area contributed by atoms with Crippen LogP contribution in [0.5, 0.6) is 17.2 Å². The first-order valence-corrected chi connectivity index (χ1v) is 8.28. The van der Waals surface area contributed by atoms with Crippen molar-refractivity contribution in [3.05, 3.63) is 12.1 Å². The third-order valence-corrected chi connectivity index (χ3v) is 3.97. The fraction of sp³-hybridized carbons (Fsp3) is 0.588. The summed E-state index contributed by atoms with van der Waals surface area (Å²) in [4.78, 5) is 14.3. The van der Waals surface area contributed by atoms with Crippen LogP contribution in [-0.2, 0) is 9.53 Å². The van der Waals surface area contributed by atoms with Gasteiger partial charge in [-0.3, -0.25) is 9.69 Å². The van der Waals surface area contributed by atoms with Gasteiger partial charge in [0.1, 0.15) is 0 Å². The van der Waals surface area contributed by atoms with Gasteiger partial charge in [0.25, 0.3) is 0 Å². The summed E-state index contributed by atoms with van der Waals surface area (Å²) in [5, 5.41) is 5.98. The lowest BCUT2D eigenvalue weighted by Crippen LogP contribution is -2.42. The summed E-state index contributed by atoms with van der Waals surface area (Å²) in [6.07, 6.45) is 0. The van der Waals surface area contributed by atoms with Crippen LogP contribution in [-0.4, -0.2) is 78.1 Å². The SMILES string of the molecule is COc1cc(NCC(=O)NCCN2CCOCC2)cc(OC)c1OC. The number of rotatable bonds is 9. The Hall–Kier alpha value is -2.19. The summed E-state index contributed by atoms with van der Waals surface area (Å²) >= 11 is 0. The molecular formula is C17H27N3O5. The number of methoxy groups -OCH3 is 3. The maximum absolute atomic E-state index is 12.0. The minimum Gasteiger partial charge on any atom is -0.493 e. The molecule has 1 aromatic rings. The molecule has 0 aliphatic carbocycles. The second-order valence-electron chi connectivity index (χ2n) is 5.57. The molecule has 0 bridgehead atoms. The Labute approximate surface area is 148 Å². The first kappa shape index (κ1) is 19.1. The van der Waals surface area contributed by atoms with Crippen LogP contribution < -0.4 is 24.8 Å². The molecule has 1 aliphatic rings. The molecule has 25 heavy (non-hydrogen) atoms. The van der Waals surface area contributed by atoms with Gasteiger partial charge in [-0.1, -0.05) is 0 Å². The molecule has 0 spiro atoms. The summed E-state index contributed by atoms with van der Waals surface area (Å²) in [5.74, 6) is 1.53. The average molecular weight is 353 g/mol. The molecule has 1 aromatic carbocycles. The number of hydrogen-bond donors (Lipinski definition) is 2. The van der Waals surface area contributed by atoms with E-state index < -0.39 is 0 Å². The number of hydrogen-bond acceptors (Lipinski definition) is 7. The van der Waals surface area contributed by atoms with Gasteiger partial charge in [-0.05, 0) is 0 Å². The second-order valence-corrected chi connectivity index (χ2v) is 5.57. The smallest absolute Gasteiger partial charge is 0.239 e. The highest BCUT2D eigenvalue weighted by Gasteiger charge is 2.14. The van der Waals surface area contributed by atoms with E-state index in [4.69, 9.17) is 18.9 Å². The molecule has 0 atom stereocenters. The summed E-state index contributed by atoms with van der Waals surface area (Å²) in [6.45, 7) is 4.98. The Balaban J connectivity index is 1.80. The Bertz CT molecular complexity index is 536. The van der Waals surface area contributed by atoms with Gasteiger partial charge >= 0.3 is 0 Å². The Kier molecular flexibility index (Phi) is 7.62. The third kappa shape index (κ3) is 5.68. The Morgan fingerprint density at radius 3 is 2.32 bits per heavy atom. The van der Waals surface area contributed by atoms with Crippen molar-refractivity contribution in [2.75, 3.05) is 72.6 Å². The van der Waals surface area contributed by atoms with Gasteiger partial charge < -0.3 is 29.6 Å². The number of carbonyl (C=O) groups excluding carboxylic acids is 1. The van der Waals surface area contributed by atoms with E-state index in [2.05, 4.69) is 15.5 Å².